The van der Waals surface area contributed by atoms with Gasteiger partial charge in [0, 0.05) is 25.5 Å². The fourth-order valence-corrected chi connectivity index (χ4v) is 0.929. The molecule has 2 nitrogen and oxygen atoms in total. The molecule has 0 heterocycles. The van der Waals surface area contributed by atoms with Crippen molar-refractivity contribution in [2.45, 2.75) is 27.2 Å². The zero-order valence-corrected chi connectivity index (χ0v) is 9.31. The second-order valence-electron chi connectivity index (χ2n) is 3.02. The molecule has 0 atom stereocenters. The van der Waals surface area contributed by atoms with E-state index < -0.39 is 0 Å². The standard InChI is InChI=1S/C11H20N2/c1-6-11(7-9(2)12-4)8-10(3)13-5/h7-8,12H,6H2,1-5H3/b9-7-,11-8-,13-10?. The van der Waals surface area contributed by atoms with Gasteiger partial charge in [-0.25, -0.2) is 0 Å². The number of hydrogen-bond acceptors (Lipinski definition) is 2. The average molecular weight is 180 g/mol. The molecule has 0 aromatic carbocycles. The maximum atomic E-state index is 4.10. The van der Waals surface area contributed by atoms with Crippen LogP contribution >= 0.6 is 0 Å². The SMILES string of the molecule is CCC(=C/C(C)=NC)/C=C(/C)NC. The van der Waals surface area contributed by atoms with E-state index in [1.807, 2.05) is 21.0 Å². The molecule has 0 rings (SSSR count). The van der Waals surface area contributed by atoms with Gasteiger partial charge in [-0.1, -0.05) is 6.92 Å². The minimum absolute atomic E-state index is 1.03. The van der Waals surface area contributed by atoms with Crippen LogP contribution in [0.15, 0.2) is 28.4 Å². The summed E-state index contributed by atoms with van der Waals surface area (Å²) in [5.41, 5.74) is 3.55. The quantitative estimate of drug-likeness (QED) is 0.522. The van der Waals surface area contributed by atoms with Gasteiger partial charge >= 0.3 is 0 Å². The molecular weight excluding hydrogens is 160 g/mol. The van der Waals surface area contributed by atoms with E-state index in [4.69, 9.17) is 0 Å². The Hall–Kier alpha value is -1.05. The molecule has 0 saturated carbocycles. The van der Waals surface area contributed by atoms with E-state index in [-0.39, 0.29) is 0 Å². The van der Waals surface area contributed by atoms with Crippen LogP contribution in [-0.4, -0.2) is 19.8 Å². The van der Waals surface area contributed by atoms with E-state index >= 15 is 0 Å². The van der Waals surface area contributed by atoms with Crippen molar-refractivity contribution >= 4 is 5.71 Å². The molecule has 2 heteroatoms. The van der Waals surface area contributed by atoms with Crippen LogP contribution in [0.5, 0.6) is 0 Å². The van der Waals surface area contributed by atoms with Crippen molar-refractivity contribution in [3.8, 4) is 0 Å². The van der Waals surface area contributed by atoms with E-state index in [0.717, 1.165) is 12.1 Å². The first-order chi connectivity index (χ1) is 6.13. The summed E-state index contributed by atoms with van der Waals surface area (Å²) in [5.74, 6) is 0. The highest BCUT2D eigenvalue weighted by Gasteiger charge is 1.91. The first-order valence-corrected chi connectivity index (χ1v) is 4.64. The van der Waals surface area contributed by atoms with Crippen molar-refractivity contribution in [1.29, 1.82) is 0 Å². The Morgan fingerprint density at radius 1 is 1.31 bits per heavy atom. The number of hydrogen-bond donors (Lipinski definition) is 1. The minimum atomic E-state index is 1.03. The second-order valence-corrected chi connectivity index (χ2v) is 3.02. The van der Waals surface area contributed by atoms with E-state index in [2.05, 4.69) is 36.3 Å². The summed E-state index contributed by atoms with van der Waals surface area (Å²) >= 11 is 0. The number of rotatable bonds is 4. The van der Waals surface area contributed by atoms with Crippen LogP contribution in [0.25, 0.3) is 0 Å². The van der Waals surface area contributed by atoms with Crippen molar-refractivity contribution in [2.24, 2.45) is 4.99 Å². The molecule has 0 unspecified atom stereocenters. The van der Waals surface area contributed by atoms with Gasteiger partial charge < -0.3 is 5.32 Å². The van der Waals surface area contributed by atoms with Gasteiger partial charge in [0.25, 0.3) is 0 Å². The van der Waals surface area contributed by atoms with Gasteiger partial charge in [-0.2, -0.15) is 0 Å². The van der Waals surface area contributed by atoms with E-state index in [0.29, 0.717) is 0 Å². The number of aliphatic imine (C=N–C) groups is 1. The summed E-state index contributed by atoms with van der Waals surface area (Å²) in [7, 11) is 3.74. The third kappa shape index (κ3) is 5.23. The lowest BCUT2D eigenvalue weighted by Crippen LogP contribution is -2.02. The van der Waals surface area contributed by atoms with E-state index in [1.165, 1.54) is 11.3 Å². The van der Waals surface area contributed by atoms with Crippen molar-refractivity contribution in [2.75, 3.05) is 14.1 Å². The van der Waals surface area contributed by atoms with Gasteiger partial charge in [-0.05, 0) is 38.0 Å². The van der Waals surface area contributed by atoms with Gasteiger partial charge in [0.1, 0.15) is 0 Å². The maximum Gasteiger partial charge on any atom is 0.0316 e. The lowest BCUT2D eigenvalue weighted by Gasteiger charge is -2.02. The molecule has 0 spiro atoms. The predicted molar refractivity (Wildman–Crippen MR) is 60.2 cm³/mol. The van der Waals surface area contributed by atoms with Crippen molar-refractivity contribution in [3.05, 3.63) is 23.4 Å². The van der Waals surface area contributed by atoms with Crippen molar-refractivity contribution < 1.29 is 0 Å². The Morgan fingerprint density at radius 2 is 1.92 bits per heavy atom. The largest absolute Gasteiger partial charge is 0.392 e. The fraction of sp³-hybridized carbons (Fsp3) is 0.545. The molecule has 0 bridgehead atoms. The van der Waals surface area contributed by atoms with Gasteiger partial charge in [0.2, 0.25) is 0 Å². The molecule has 0 aromatic heterocycles. The van der Waals surface area contributed by atoms with Crippen molar-refractivity contribution in [1.82, 2.24) is 5.32 Å². The lowest BCUT2D eigenvalue weighted by atomic mass is 10.1. The lowest BCUT2D eigenvalue weighted by molar-refractivity contribution is 0.978. The molecule has 0 aromatic rings. The van der Waals surface area contributed by atoms with E-state index in [9.17, 15) is 0 Å². The summed E-state index contributed by atoms with van der Waals surface area (Å²) in [4.78, 5) is 4.10. The van der Waals surface area contributed by atoms with Crippen LogP contribution in [0.2, 0.25) is 0 Å². The Bertz CT molecular complexity index is 234. The maximum absolute atomic E-state index is 4.10. The zero-order chi connectivity index (χ0) is 10.3. The first-order valence-electron chi connectivity index (χ1n) is 4.64. The molecule has 0 aliphatic rings. The minimum Gasteiger partial charge on any atom is -0.392 e. The Morgan fingerprint density at radius 3 is 2.31 bits per heavy atom. The molecule has 0 fully saturated rings. The highest BCUT2D eigenvalue weighted by atomic mass is 14.8. The Balaban J connectivity index is 4.61. The summed E-state index contributed by atoms with van der Waals surface area (Å²) < 4.78 is 0. The van der Waals surface area contributed by atoms with Crippen LogP contribution in [-0.2, 0) is 0 Å². The second kappa shape index (κ2) is 6.46. The van der Waals surface area contributed by atoms with Gasteiger partial charge in [-0.3, -0.25) is 4.99 Å². The molecule has 0 aliphatic heterocycles. The van der Waals surface area contributed by atoms with E-state index in [1.54, 1.807) is 0 Å². The monoisotopic (exact) mass is 180 g/mol. The first kappa shape index (κ1) is 11.9. The highest BCUT2D eigenvalue weighted by Crippen LogP contribution is 2.05. The molecule has 74 valence electrons. The summed E-state index contributed by atoms with van der Waals surface area (Å²) in [5, 5.41) is 3.10. The topological polar surface area (TPSA) is 24.4 Å². The van der Waals surface area contributed by atoms with Gasteiger partial charge in [0.15, 0.2) is 0 Å². The Labute approximate surface area is 81.5 Å². The van der Waals surface area contributed by atoms with Gasteiger partial charge in [0.05, 0.1) is 0 Å². The fourth-order valence-electron chi connectivity index (χ4n) is 0.929. The van der Waals surface area contributed by atoms with Crippen LogP contribution in [0, 0.1) is 0 Å². The average Bonchev–Trinajstić information content (AvgIpc) is 2.16. The molecule has 0 saturated heterocycles. The van der Waals surface area contributed by atoms with Crippen LogP contribution in [0.1, 0.15) is 27.2 Å². The predicted octanol–water partition coefficient (Wildman–Crippen LogP) is 2.54. The Kier molecular flexibility index (Phi) is 5.94. The number of nitrogens with zero attached hydrogens (tertiary/aromatic N) is 1. The molecular formula is C11H20N2. The molecule has 0 aliphatic carbocycles. The highest BCUT2D eigenvalue weighted by molar-refractivity contribution is 5.93. The van der Waals surface area contributed by atoms with Crippen LogP contribution in [0.4, 0.5) is 0 Å². The number of allylic oxidation sites excluding steroid dienone is 4. The van der Waals surface area contributed by atoms with Crippen molar-refractivity contribution in [3.63, 3.8) is 0 Å². The smallest absolute Gasteiger partial charge is 0.0316 e. The molecule has 13 heavy (non-hydrogen) atoms. The summed E-state index contributed by atoms with van der Waals surface area (Å²) in [6.45, 7) is 6.22. The normalized spacial score (nSPS) is 14.7. The third-order valence-corrected chi connectivity index (χ3v) is 1.95. The zero-order valence-electron chi connectivity index (χ0n) is 9.31. The molecule has 0 amide bonds. The van der Waals surface area contributed by atoms with Gasteiger partial charge in [-0.15, -0.1) is 0 Å². The van der Waals surface area contributed by atoms with Crippen LogP contribution in [0.3, 0.4) is 0 Å². The molecule has 1 N–H and O–H groups in total. The number of nitrogens with one attached hydrogen (secondary N) is 1. The molecule has 0 radical (unpaired) electrons. The summed E-state index contributed by atoms with van der Waals surface area (Å²) in [6, 6.07) is 0. The summed E-state index contributed by atoms with van der Waals surface area (Å²) in [6.07, 6.45) is 5.29. The third-order valence-electron chi connectivity index (χ3n) is 1.95. The van der Waals surface area contributed by atoms with Crippen LogP contribution < -0.4 is 5.32 Å².